The highest BCUT2D eigenvalue weighted by atomic mass is 16.6. The first-order chi connectivity index (χ1) is 24.6. The Kier molecular flexibility index (Phi) is 33.6. The predicted molar refractivity (Wildman–Crippen MR) is 174 cm³/mol. The van der Waals surface area contributed by atoms with Gasteiger partial charge in [-0.15, -0.1) is 0 Å². The van der Waals surface area contributed by atoms with Gasteiger partial charge in [-0.3, -0.25) is 14.5 Å². The van der Waals surface area contributed by atoms with Gasteiger partial charge < -0.3 is 66.7 Å². The maximum absolute atomic E-state index is 11.4. The lowest BCUT2D eigenvalue weighted by Crippen LogP contribution is -2.33. The van der Waals surface area contributed by atoms with Gasteiger partial charge in [0, 0.05) is 12.2 Å². The van der Waals surface area contributed by atoms with E-state index in [1.807, 2.05) is 0 Å². The maximum Gasteiger partial charge on any atom is 0.329 e. The summed E-state index contributed by atoms with van der Waals surface area (Å²) in [5, 5.41) is 8.43. The van der Waals surface area contributed by atoms with Crippen LogP contribution in [0.5, 0.6) is 0 Å². The van der Waals surface area contributed by atoms with Crippen molar-refractivity contribution in [3.8, 4) is 0 Å². The van der Waals surface area contributed by atoms with Crippen molar-refractivity contribution in [3.05, 3.63) is 12.2 Å². The molecule has 0 radical (unpaired) electrons. The first kappa shape index (κ1) is 45.9. The molecule has 0 aromatic carbocycles. The van der Waals surface area contributed by atoms with Crippen molar-refractivity contribution < 1.29 is 81.1 Å². The van der Waals surface area contributed by atoms with E-state index < -0.39 is 5.97 Å². The molecule has 1 rings (SSSR count). The predicted octanol–water partition coefficient (Wildman–Crippen LogP) is -0.788. The molecule has 2 amide bonds. The number of carboxylic acid groups (broad SMARTS) is 1. The SMILES string of the molecule is O=C(O)COCCOCCOCCOCCOCCOCCOCCOCCOCCOCCOCCOCCOCCN1C(=O)C=CC1=O. The Labute approximate surface area is 294 Å². The molecule has 0 fully saturated rings. The monoisotopic (exact) mass is 727 g/mol. The van der Waals surface area contributed by atoms with Crippen LogP contribution in [0.4, 0.5) is 0 Å². The van der Waals surface area contributed by atoms with E-state index in [1.54, 1.807) is 0 Å². The van der Waals surface area contributed by atoms with Crippen molar-refractivity contribution in [1.82, 2.24) is 4.90 Å². The second kappa shape index (κ2) is 36.6. The second-order valence-corrected chi connectivity index (χ2v) is 9.96. The van der Waals surface area contributed by atoms with Gasteiger partial charge in [0.25, 0.3) is 11.8 Å². The molecule has 18 heteroatoms. The summed E-state index contributed by atoms with van der Waals surface area (Å²) in [4.78, 5) is 34.2. The van der Waals surface area contributed by atoms with Crippen LogP contribution in [0.1, 0.15) is 0 Å². The van der Waals surface area contributed by atoms with E-state index >= 15 is 0 Å². The molecule has 0 bridgehead atoms. The van der Waals surface area contributed by atoms with Gasteiger partial charge in [0.05, 0.1) is 172 Å². The molecule has 0 atom stereocenters. The smallest absolute Gasteiger partial charge is 0.329 e. The summed E-state index contributed by atoms with van der Waals surface area (Å²) in [7, 11) is 0. The molecule has 1 aliphatic heterocycles. The lowest BCUT2D eigenvalue weighted by molar-refractivity contribution is -0.143. The van der Waals surface area contributed by atoms with Crippen LogP contribution in [0.2, 0.25) is 0 Å². The standard InChI is InChI=1S/C32H57NO17/c34-30-1-2-31(35)33(30)3-4-38-5-6-39-7-8-40-9-10-41-11-12-42-13-14-43-15-16-44-17-18-45-19-20-46-21-22-47-23-24-48-25-26-49-27-28-50-29-32(36)37/h1-2H,3-29H2,(H,36,37). The number of nitrogens with zero attached hydrogens (tertiary/aromatic N) is 1. The fourth-order valence-electron chi connectivity index (χ4n) is 3.61. The van der Waals surface area contributed by atoms with Crippen LogP contribution in [-0.2, 0) is 76.0 Å². The van der Waals surface area contributed by atoms with Crippen LogP contribution in [0.15, 0.2) is 12.2 Å². The van der Waals surface area contributed by atoms with E-state index in [9.17, 15) is 14.4 Å². The lowest BCUT2D eigenvalue weighted by Gasteiger charge is -2.13. The van der Waals surface area contributed by atoms with Crippen LogP contribution in [0.25, 0.3) is 0 Å². The molecule has 1 aliphatic rings. The average Bonchev–Trinajstić information content (AvgIpc) is 3.43. The van der Waals surface area contributed by atoms with Gasteiger partial charge in [0.1, 0.15) is 6.61 Å². The number of carboxylic acids is 1. The number of hydrogen-bond acceptors (Lipinski definition) is 16. The summed E-state index contributed by atoms with van der Waals surface area (Å²) >= 11 is 0. The minimum absolute atomic E-state index is 0.233. The summed E-state index contributed by atoms with van der Waals surface area (Å²) in [5.41, 5.74) is 0. The first-order valence-electron chi connectivity index (χ1n) is 16.9. The maximum atomic E-state index is 11.4. The first-order valence-corrected chi connectivity index (χ1v) is 16.9. The van der Waals surface area contributed by atoms with Crippen molar-refractivity contribution in [3.63, 3.8) is 0 Å². The number of carbonyl (C=O) groups is 3. The summed E-state index contributed by atoms with van der Waals surface area (Å²) in [5.74, 6) is -1.63. The summed E-state index contributed by atoms with van der Waals surface area (Å²) in [6.07, 6.45) is 2.50. The second-order valence-electron chi connectivity index (χ2n) is 9.96. The highest BCUT2D eigenvalue weighted by Crippen LogP contribution is 2.02. The summed E-state index contributed by atoms with van der Waals surface area (Å²) < 4.78 is 69.8. The number of hydrogen-bond donors (Lipinski definition) is 1. The number of aliphatic carboxylic acids is 1. The molecule has 292 valence electrons. The van der Waals surface area contributed by atoms with Crippen LogP contribution in [0, 0.1) is 0 Å². The molecule has 50 heavy (non-hydrogen) atoms. The summed E-state index contributed by atoms with van der Waals surface area (Å²) in [6, 6.07) is 0. The van der Waals surface area contributed by atoms with E-state index in [1.165, 1.54) is 12.2 Å². The Morgan fingerprint density at radius 2 is 0.580 bits per heavy atom. The Morgan fingerprint density at radius 3 is 0.800 bits per heavy atom. The van der Waals surface area contributed by atoms with Crippen molar-refractivity contribution >= 4 is 17.8 Å². The molecule has 0 aromatic rings. The third-order valence-corrected chi connectivity index (χ3v) is 6.05. The average molecular weight is 728 g/mol. The van der Waals surface area contributed by atoms with E-state index in [0.717, 1.165) is 4.90 Å². The summed E-state index contributed by atoms with van der Waals surface area (Å²) in [6.45, 7) is 10.7. The molecule has 0 aromatic heterocycles. The van der Waals surface area contributed by atoms with Gasteiger partial charge in [-0.1, -0.05) is 0 Å². The van der Waals surface area contributed by atoms with E-state index in [0.29, 0.717) is 152 Å². The molecule has 0 spiro atoms. The highest BCUT2D eigenvalue weighted by Gasteiger charge is 2.22. The molecular weight excluding hydrogens is 670 g/mol. The van der Waals surface area contributed by atoms with E-state index in [4.69, 9.17) is 66.7 Å². The van der Waals surface area contributed by atoms with Gasteiger partial charge in [-0.2, -0.15) is 0 Å². The Morgan fingerprint density at radius 1 is 0.380 bits per heavy atom. The van der Waals surface area contributed by atoms with E-state index in [2.05, 4.69) is 0 Å². The van der Waals surface area contributed by atoms with Crippen molar-refractivity contribution in [1.29, 1.82) is 0 Å². The zero-order valence-electron chi connectivity index (χ0n) is 29.2. The van der Waals surface area contributed by atoms with Gasteiger partial charge >= 0.3 is 5.97 Å². The number of imide groups is 1. The van der Waals surface area contributed by atoms with Gasteiger partial charge in [-0.05, 0) is 0 Å². The lowest BCUT2D eigenvalue weighted by atomic mass is 10.5. The molecule has 0 saturated heterocycles. The minimum Gasteiger partial charge on any atom is -0.480 e. The number of rotatable bonds is 41. The number of carbonyl (C=O) groups excluding carboxylic acids is 2. The zero-order chi connectivity index (χ0) is 36.0. The normalized spacial score (nSPS) is 12.9. The van der Waals surface area contributed by atoms with Crippen LogP contribution >= 0.6 is 0 Å². The topological polar surface area (TPSA) is 195 Å². The molecular formula is C32H57NO17. The van der Waals surface area contributed by atoms with Crippen LogP contribution in [-0.4, -0.2) is 206 Å². The molecule has 18 nitrogen and oxygen atoms in total. The largest absolute Gasteiger partial charge is 0.480 e. The third kappa shape index (κ3) is 31.8. The van der Waals surface area contributed by atoms with Crippen molar-refractivity contribution in [2.24, 2.45) is 0 Å². The Bertz CT molecular complexity index is 817. The van der Waals surface area contributed by atoms with E-state index in [-0.39, 0.29) is 38.2 Å². The zero-order valence-corrected chi connectivity index (χ0v) is 29.2. The van der Waals surface area contributed by atoms with Crippen LogP contribution in [0.3, 0.4) is 0 Å². The molecule has 0 unspecified atom stereocenters. The van der Waals surface area contributed by atoms with Crippen LogP contribution < -0.4 is 0 Å². The van der Waals surface area contributed by atoms with Crippen molar-refractivity contribution in [2.75, 3.05) is 178 Å². The molecule has 0 aliphatic carbocycles. The Hall–Kier alpha value is -2.17. The molecule has 1 heterocycles. The number of amides is 2. The third-order valence-electron chi connectivity index (χ3n) is 6.05. The molecule has 1 N–H and O–H groups in total. The van der Waals surface area contributed by atoms with Gasteiger partial charge in [0.15, 0.2) is 0 Å². The minimum atomic E-state index is -1.00. The number of ether oxygens (including phenoxy) is 13. The van der Waals surface area contributed by atoms with Gasteiger partial charge in [0.2, 0.25) is 0 Å². The Balaban J connectivity index is 1.61. The fourth-order valence-corrected chi connectivity index (χ4v) is 3.61. The van der Waals surface area contributed by atoms with Crippen molar-refractivity contribution in [2.45, 2.75) is 0 Å². The fraction of sp³-hybridized carbons (Fsp3) is 0.844. The van der Waals surface area contributed by atoms with Gasteiger partial charge in [-0.25, -0.2) is 4.79 Å². The molecule has 0 saturated carbocycles. The highest BCUT2D eigenvalue weighted by molar-refractivity contribution is 6.12. The quantitative estimate of drug-likeness (QED) is 0.0608.